The Morgan fingerprint density at radius 1 is 1.08 bits per heavy atom. The number of amides is 1. The largest absolute Gasteiger partial charge is 0.497 e. The summed E-state index contributed by atoms with van der Waals surface area (Å²) in [5.74, 6) is -0.185. The van der Waals surface area contributed by atoms with Crippen LogP contribution in [0.1, 0.15) is 44.7 Å². The minimum absolute atomic E-state index is 0.0512. The Balaban J connectivity index is 1.62. The molecular weight excluding hydrogens is 318 g/mol. The zero-order valence-electron chi connectivity index (χ0n) is 14.0. The fourth-order valence-electron chi connectivity index (χ4n) is 3.69. The van der Waals surface area contributed by atoms with Crippen molar-refractivity contribution in [1.82, 2.24) is 4.90 Å². The lowest BCUT2D eigenvalue weighted by molar-refractivity contribution is 0.0688. The molecule has 5 nitrogen and oxygen atoms in total. The second-order valence-corrected chi connectivity index (χ2v) is 6.85. The lowest BCUT2D eigenvalue weighted by Crippen LogP contribution is -2.41. The third-order valence-electron chi connectivity index (χ3n) is 5.26. The molecule has 1 aliphatic carbocycles. The maximum atomic E-state index is 12.9. The van der Waals surface area contributed by atoms with Gasteiger partial charge in [0.1, 0.15) is 5.75 Å². The summed E-state index contributed by atoms with van der Waals surface area (Å²) in [6.07, 6.45) is 2.16. The number of hydrogen-bond donors (Lipinski definition) is 1. The van der Waals surface area contributed by atoms with E-state index in [1.165, 1.54) is 23.3 Å². The maximum Gasteiger partial charge on any atom is 0.335 e. The summed E-state index contributed by atoms with van der Waals surface area (Å²) in [7, 11) is 1.67. The van der Waals surface area contributed by atoms with Crippen molar-refractivity contribution in [3.05, 3.63) is 64.7 Å². The molecule has 1 amide bonds. The van der Waals surface area contributed by atoms with E-state index in [1.807, 2.05) is 17.0 Å². The van der Waals surface area contributed by atoms with Crippen molar-refractivity contribution in [2.45, 2.75) is 24.8 Å². The normalized spacial score (nSPS) is 17.1. The topological polar surface area (TPSA) is 66.8 Å². The molecule has 2 aromatic carbocycles. The van der Waals surface area contributed by atoms with E-state index in [4.69, 9.17) is 9.84 Å². The monoisotopic (exact) mass is 337 g/mol. The van der Waals surface area contributed by atoms with Crippen molar-refractivity contribution in [3.8, 4) is 5.75 Å². The van der Waals surface area contributed by atoms with Gasteiger partial charge in [-0.1, -0.05) is 6.07 Å². The number of benzene rings is 2. The second-order valence-electron chi connectivity index (χ2n) is 6.85. The molecule has 1 aliphatic heterocycles. The van der Waals surface area contributed by atoms with Crippen LogP contribution in [-0.4, -0.2) is 35.5 Å². The molecule has 5 heteroatoms. The number of fused-ring (bicyclic) bond motifs is 2. The van der Waals surface area contributed by atoms with E-state index in [2.05, 4.69) is 6.07 Å². The van der Waals surface area contributed by atoms with Gasteiger partial charge in [0.2, 0.25) is 0 Å². The van der Waals surface area contributed by atoms with Gasteiger partial charge < -0.3 is 14.7 Å². The molecule has 4 rings (SSSR count). The number of carbonyl (C=O) groups is 2. The predicted octanol–water partition coefficient (Wildman–Crippen LogP) is 3.08. The van der Waals surface area contributed by atoms with E-state index in [0.29, 0.717) is 18.7 Å². The molecule has 128 valence electrons. The summed E-state index contributed by atoms with van der Waals surface area (Å²) in [5, 5.41) is 8.99. The third-order valence-corrected chi connectivity index (χ3v) is 5.26. The van der Waals surface area contributed by atoms with Gasteiger partial charge in [-0.05, 0) is 60.4 Å². The van der Waals surface area contributed by atoms with E-state index < -0.39 is 5.97 Å². The summed E-state index contributed by atoms with van der Waals surface area (Å²) in [6.45, 7) is 1.27. The van der Waals surface area contributed by atoms with Gasteiger partial charge in [-0.2, -0.15) is 0 Å². The van der Waals surface area contributed by atoms with Crippen molar-refractivity contribution < 1.29 is 19.4 Å². The van der Waals surface area contributed by atoms with Gasteiger partial charge in [-0.3, -0.25) is 4.79 Å². The fourth-order valence-corrected chi connectivity index (χ4v) is 3.69. The van der Waals surface area contributed by atoms with E-state index in [0.717, 1.165) is 18.6 Å². The van der Waals surface area contributed by atoms with Gasteiger partial charge in [0.15, 0.2) is 0 Å². The van der Waals surface area contributed by atoms with Crippen LogP contribution in [0.5, 0.6) is 5.75 Å². The first-order valence-electron chi connectivity index (χ1n) is 8.32. The van der Waals surface area contributed by atoms with Crippen molar-refractivity contribution in [2.75, 3.05) is 13.7 Å². The molecule has 0 aromatic heterocycles. The van der Waals surface area contributed by atoms with Crippen LogP contribution in [0, 0.1) is 0 Å². The maximum absolute atomic E-state index is 12.9. The highest BCUT2D eigenvalue weighted by atomic mass is 16.5. The van der Waals surface area contributed by atoms with Crippen LogP contribution in [0.25, 0.3) is 0 Å². The van der Waals surface area contributed by atoms with Crippen LogP contribution < -0.4 is 4.74 Å². The summed E-state index contributed by atoms with van der Waals surface area (Å²) in [5.41, 5.74) is 3.24. The van der Waals surface area contributed by atoms with Gasteiger partial charge in [-0.15, -0.1) is 0 Å². The smallest absolute Gasteiger partial charge is 0.335 e. The van der Waals surface area contributed by atoms with Crippen molar-refractivity contribution in [1.29, 1.82) is 0 Å². The Morgan fingerprint density at radius 3 is 2.36 bits per heavy atom. The first kappa shape index (κ1) is 15.7. The Hall–Kier alpha value is -2.82. The molecule has 2 aliphatic rings. The molecular formula is C20H19NO4. The van der Waals surface area contributed by atoms with E-state index in [-0.39, 0.29) is 16.9 Å². The number of hydrogen-bond acceptors (Lipinski definition) is 3. The van der Waals surface area contributed by atoms with Crippen LogP contribution in [0.15, 0.2) is 42.5 Å². The average molecular weight is 337 g/mol. The molecule has 0 atom stereocenters. The number of methoxy groups -OCH3 is 1. The van der Waals surface area contributed by atoms with Gasteiger partial charge >= 0.3 is 5.97 Å². The van der Waals surface area contributed by atoms with Crippen LogP contribution in [0.2, 0.25) is 0 Å². The molecule has 1 spiro atoms. The molecule has 0 radical (unpaired) electrons. The van der Waals surface area contributed by atoms with Gasteiger partial charge in [-0.25, -0.2) is 4.79 Å². The highest BCUT2D eigenvalue weighted by Crippen LogP contribution is 2.53. The second kappa shape index (κ2) is 5.62. The number of carboxylic acids is 1. The summed E-state index contributed by atoms with van der Waals surface area (Å²) < 4.78 is 5.35. The predicted molar refractivity (Wildman–Crippen MR) is 92.0 cm³/mol. The molecule has 0 saturated heterocycles. The summed E-state index contributed by atoms with van der Waals surface area (Å²) >= 11 is 0. The summed E-state index contributed by atoms with van der Waals surface area (Å²) in [6, 6.07) is 12.2. The number of ether oxygens (including phenoxy) is 1. The van der Waals surface area contributed by atoms with Gasteiger partial charge in [0.05, 0.1) is 12.7 Å². The Labute approximate surface area is 145 Å². The lowest BCUT2D eigenvalue weighted by Gasteiger charge is -2.35. The molecule has 1 saturated carbocycles. The summed E-state index contributed by atoms with van der Waals surface area (Å²) in [4.78, 5) is 25.7. The minimum atomic E-state index is -0.989. The Morgan fingerprint density at radius 2 is 1.76 bits per heavy atom. The number of aromatic carboxylic acids is 1. The quantitative estimate of drug-likeness (QED) is 0.935. The molecule has 0 bridgehead atoms. The lowest BCUT2D eigenvalue weighted by atomic mass is 9.86. The van der Waals surface area contributed by atoms with Crippen LogP contribution >= 0.6 is 0 Å². The van der Waals surface area contributed by atoms with Crippen molar-refractivity contribution >= 4 is 11.9 Å². The van der Waals surface area contributed by atoms with E-state index in [1.54, 1.807) is 19.2 Å². The molecule has 2 aromatic rings. The van der Waals surface area contributed by atoms with Gasteiger partial charge in [0.25, 0.3) is 5.91 Å². The van der Waals surface area contributed by atoms with E-state index in [9.17, 15) is 9.59 Å². The number of rotatable bonds is 3. The SMILES string of the molecule is COc1ccc2c(c1)C1(CC1)CN(C(=O)c1ccc(C(=O)O)cc1)C2. The number of carbonyl (C=O) groups excluding carboxylic acids is 1. The zero-order chi connectivity index (χ0) is 17.6. The first-order valence-corrected chi connectivity index (χ1v) is 8.32. The van der Waals surface area contributed by atoms with Crippen LogP contribution in [0.3, 0.4) is 0 Å². The minimum Gasteiger partial charge on any atom is -0.497 e. The van der Waals surface area contributed by atoms with Crippen LogP contribution in [0.4, 0.5) is 0 Å². The van der Waals surface area contributed by atoms with Crippen molar-refractivity contribution in [3.63, 3.8) is 0 Å². The zero-order valence-corrected chi connectivity index (χ0v) is 14.0. The van der Waals surface area contributed by atoms with Crippen molar-refractivity contribution in [2.24, 2.45) is 0 Å². The highest BCUT2D eigenvalue weighted by molar-refractivity contribution is 5.96. The number of carboxylic acid groups (broad SMARTS) is 1. The molecule has 0 unspecified atom stereocenters. The van der Waals surface area contributed by atoms with E-state index >= 15 is 0 Å². The van der Waals surface area contributed by atoms with Gasteiger partial charge in [0, 0.05) is 24.1 Å². The van der Waals surface area contributed by atoms with Crippen LogP contribution in [-0.2, 0) is 12.0 Å². The number of nitrogens with zero attached hydrogens (tertiary/aromatic N) is 1. The first-order chi connectivity index (χ1) is 12.0. The molecule has 25 heavy (non-hydrogen) atoms. The molecule has 1 fully saturated rings. The fraction of sp³-hybridized carbons (Fsp3) is 0.300. The third kappa shape index (κ3) is 2.65. The highest BCUT2D eigenvalue weighted by Gasteiger charge is 2.50. The molecule has 1 heterocycles. The average Bonchev–Trinajstić information content (AvgIpc) is 3.40. The Bertz CT molecular complexity index is 852. The standard InChI is InChI=1S/C20H19NO4/c1-25-16-7-6-15-11-21(12-20(8-9-20)17(15)10-16)18(22)13-2-4-14(5-3-13)19(23)24/h2-7,10H,8-9,11-12H2,1H3,(H,23,24). The molecule has 1 N–H and O–H groups in total. The Kier molecular flexibility index (Phi) is 3.53.